The first-order chi connectivity index (χ1) is 12.9. The van der Waals surface area contributed by atoms with Gasteiger partial charge in [0.1, 0.15) is 5.75 Å². The number of methoxy groups -OCH3 is 1. The lowest BCUT2D eigenvalue weighted by atomic mass is 9.91. The molecule has 2 amide bonds. The van der Waals surface area contributed by atoms with Crippen LogP contribution in [0.25, 0.3) is 0 Å². The summed E-state index contributed by atoms with van der Waals surface area (Å²) in [5.41, 5.74) is 1.64. The van der Waals surface area contributed by atoms with Crippen LogP contribution >= 0.6 is 0 Å². The molecule has 27 heavy (non-hydrogen) atoms. The van der Waals surface area contributed by atoms with Crippen molar-refractivity contribution in [1.82, 2.24) is 14.7 Å². The maximum absolute atomic E-state index is 12.5. The van der Waals surface area contributed by atoms with Crippen LogP contribution in [0.2, 0.25) is 0 Å². The third-order valence-corrected chi connectivity index (χ3v) is 4.68. The van der Waals surface area contributed by atoms with Crippen molar-refractivity contribution in [3.63, 3.8) is 0 Å². The molecule has 0 spiro atoms. The number of hydrogen-bond acceptors (Lipinski definition) is 4. The number of anilines is 1. The average molecular weight is 372 g/mol. The number of rotatable bonds is 5. The monoisotopic (exact) mass is 372 g/mol. The predicted octanol–water partition coefficient (Wildman–Crippen LogP) is 2.51. The van der Waals surface area contributed by atoms with Crippen molar-refractivity contribution in [2.75, 3.05) is 25.5 Å². The van der Waals surface area contributed by atoms with E-state index >= 15 is 0 Å². The molecule has 2 unspecified atom stereocenters. The Bertz CT molecular complexity index is 802. The van der Waals surface area contributed by atoms with Crippen LogP contribution < -0.4 is 10.1 Å². The van der Waals surface area contributed by atoms with Gasteiger partial charge in [0.15, 0.2) is 0 Å². The fraction of sp³-hybridized carbons (Fsp3) is 0.421. The summed E-state index contributed by atoms with van der Waals surface area (Å²) < 4.78 is 6.88. The van der Waals surface area contributed by atoms with Crippen molar-refractivity contribution in [2.24, 2.45) is 11.8 Å². The number of nitrogens with one attached hydrogen (secondary N) is 1. The van der Waals surface area contributed by atoms with Crippen molar-refractivity contribution >= 4 is 17.7 Å². The van der Waals surface area contributed by atoms with Crippen LogP contribution in [0.3, 0.4) is 0 Å². The predicted molar refractivity (Wildman–Crippen MR) is 99.8 cm³/mol. The first-order valence-electron chi connectivity index (χ1n) is 8.88. The summed E-state index contributed by atoms with van der Waals surface area (Å²) in [6.07, 6.45) is 3.94. The Labute approximate surface area is 157 Å². The van der Waals surface area contributed by atoms with E-state index in [0.717, 1.165) is 11.3 Å². The molecule has 0 aliphatic carbocycles. The maximum Gasteiger partial charge on any atom is 0.321 e. The summed E-state index contributed by atoms with van der Waals surface area (Å²) in [7, 11) is 1.62. The lowest BCUT2D eigenvalue weighted by Crippen LogP contribution is -2.47. The van der Waals surface area contributed by atoms with E-state index < -0.39 is 11.9 Å². The van der Waals surface area contributed by atoms with Gasteiger partial charge in [0.25, 0.3) is 0 Å². The first-order valence-corrected chi connectivity index (χ1v) is 8.88. The fourth-order valence-corrected chi connectivity index (χ4v) is 3.33. The Kier molecular flexibility index (Phi) is 5.63. The van der Waals surface area contributed by atoms with Crippen LogP contribution in [-0.2, 0) is 11.3 Å². The minimum atomic E-state index is -0.855. The number of nitrogens with zero attached hydrogens (tertiary/aromatic N) is 3. The topological polar surface area (TPSA) is 96.7 Å². The molecule has 2 atom stereocenters. The van der Waals surface area contributed by atoms with Gasteiger partial charge >= 0.3 is 12.0 Å². The molecule has 3 rings (SSSR count). The number of carboxylic acids is 1. The third kappa shape index (κ3) is 4.78. The molecule has 2 N–H and O–H groups in total. The number of carboxylic acid groups (broad SMARTS) is 1. The van der Waals surface area contributed by atoms with E-state index in [1.54, 1.807) is 29.1 Å². The zero-order chi connectivity index (χ0) is 19.4. The smallest absolute Gasteiger partial charge is 0.321 e. The van der Waals surface area contributed by atoms with Crippen LogP contribution in [0.4, 0.5) is 10.5 Å². The average Bonchev–Trinajstić information content (AvgIpc) is 3.08. The molecule has 0 saturated carbocycles. The van der Waals surface area contributed by atoms with E-state index in [1.165, 1.54) is 0 Å². The summed E-state index contributed by atoms with van der Waals surface area (Å²) in [5, 5.41) is 16.3. The van der Waals surface area contributed by atoms with Crippen molar-refractivity contribution in [3.05, 3.63) is 42.2 Å². The summed E-state index contributed by atoms with van der Waals surface area (Å²) >= 11 is 0. The second-order valence-electron chi connectivity index (χ2n) is 6.99. The highest BCUT2D eigenvalue weighted by Gasteiger charge is 2.32. The number of benzene rings is 1. The number of urea groups is 1. The number of hydrogen-bond donors (Lipinski definition) is 2. The van der Waals surface area contributed by atoms with Gasteiger partial charge < -0.3 is 20.1 Å². The van der Waals surface area contributed by atoms with Gasteiger partial charge in [-0.25, -0.2) is 4.79 Å². The van der Waals surface area contributed by atoms with E-state index in [9.17, 15) is 14.7 Å². The van der Waals surface area contributed by atoms with Crippen molar-refractivity contribution in [2.45, 2.75) is 19.9 Å². The van der Waals surface area contributed by atoms with Crippen LogP contribution in [0.5, 0.6) is 5.75 Å². The summed E-state index contributed by atoms with van der Waals surface area (Å²) in [4.78, 5) is 25.3. The molecule has 1 fully saturated rings. The largest absolute Gasteiger partial charge is 0.497 e. The molecule has 0 radical (unpaired) electrons. The number of likely N-dealkylation sites (tertiary alicyclic amines) is 1. The highest BCUT2D eigenvalue weighted by atomic mass is 16.5. The summed E-state index contributed by atoms with van der Waals surface area (Å²) in [5.74, 6) is -0.421. The summed E-state index contributed by atoms with van der Waals surface area (Å²) in [6, 6.07) is 7.40. The Morgan fingerprint density at radius 3 is 2.70 bits per heavy atom. The molecule has 1 aromatic heterocycles. The highest BCUT2D eigenvalue weighted by molar-refractivity contribution is 5.89. The Balaban J connectivity index is 1.59. The standard InChI is InChI=1S/C19H24N4O4/c1-13-7-15(18(24)25)11-22(9-13)19(26)21-16-8-20-23(12-16)10-14-3-5-17(27-2)6-4-14/h3-6,8,12-13,15H,7,9-11H2,1-2H3,(H,21,26)(H,24,25). The minimum absolute atomic E-state index is 0.156. The molecule has 8 heteroatoms. The SMILES string of the molecule is COc1ccc(Cn2cc(NC(=O)N3CC(C)CC(C(=O)O)C3)cn2)cc1. The van der Waals surface area contributed by atoms with Gasteiger partial charge in [0, 0.05) is 19.3 Å². The molecule has 1 aromatic carbocycles. The van der Waals surface area contributed by atoms with E-state index in [2.05, 4.69) is 10.4 Å². The summed E-state index contributed by atoms with van der Waals surface area (Å²) in [6.45, 7) is 3.31. The number of carbonyl (C=O) groups is 2. The fourth-order valence-electron chi connectivity index (χ4n) is 3.33. The molecule has 1 aliphatic rings. The molecular weight excluding hydrogens is 348 g/mol. The molecule has 0 bridgehead atoms. The minimum Gasteiger partial charge on any atom is -0.497 e. The lowest BCUT2D eigenvalue weighted by Gasteiger charge is -2.34. The molecule has 1 aliphatic heterocycles. The van der Waals surface area contributed by atoms with Gasteiger partial charge in [0.05, 0.1) is 31.5 Å². The van der Waals surface area contributed by atoms with Gasteiger partial charge in [-0.1, -0.05) is 19.1 Å². The quantitative estimate of drug-likeness (QED) is 0.841. The normalized spacial score (nSPS) is 19.6. The van der Waals surface area contributed by atoms with E-state index in [1.807, 2.05) is 31.2 Å². The van der Waals surface area contributed by atoms with Gasteiger partial charge in [-0.3, -0.25) is 9.48 Å². The Hall–Kier alpha value is -3.03. The van der Waals surface area contributed by atoms with Crippen molar-refractivity contribution in [1.29, 1.82) is 0 Å². The molecule has 144 valence electrons. The van der Waals surface area contributed by atoms with E-state index in [4.69, 9.17) is 4.74 Å². The maximum atomic E-state index is 12.5. The van der Waals surface area contributed by atoms with Crippen LogP contribution in [0.15, 0.2) is 36.7 Å². The lowest BCUT2D eigenvalue weighted by molar-refractivity contribution is -0.143. The zero-order valence-electron chi connectivity index (χ0n) is 15.5. The van der Waals surface area contributed by atoms with Crippen LogP contribution in [0.1, 0.15) is 18.9 Å². The number of amides is 2. The third-order valence-electron chi connectivity index (χ3n) is 4.68. The number of ether oxygens (including phenoxy) is 1. The van der Waals surface area contributed by atoms with Crippen LogP contribution in [0, 0.1) is 11.8 Å². The molecule has 2 heterocycles. The van der Waals surface area contributed by atoms with E-state index in [0.29, 0.717) is 25.2 Å². The molecule has 2 aromatic rings. The van der Waals surface area contributed by atoms with Gasteiger partial charge in [-0.15, -0.1) is 0 Å². The number of carbonyl (C=O) groups excluding carboxylic acids is 1. The highest BCUT2D eigenvalue weighted by Crippen LogP contribution is 2.22. The second kappa shape index (κ2) is 8.11. The van der Waals surface area contributed by atoms with Crippen LogP contribution in [-0.4, -0.2) is 52.0 Å². The second-order valence-corrected chi connectivity index (χ2v) is 6.99. The van der Waals surface area contributed by atoms with E-state index in [-0.39, 0.29) is 18.5 Å². The molecular formula is C19H24N4O4. The van der Waals surface area contributed by atoms with Crippen molar-refractivity contribution < 1.29 is 19.4 Å². The van der Waals surface area contributed by atoms with Gasteiger partial charge in [0.2, 0.25) is 0 Å². The molecule has 1 saturated heterocycles. The zero-order valence-corrected chi connectivity index (χ0v) is 15.5. The van der Waals surface area contributed by atoms with Crippen molar-refractivity contribution in [3.8, 4) is 5.75 Å². The number of aromatic nitrogens is 2. The number of aliphatic carboxylic acids is 1. The number of piperidine rings is 1. The van der Waals surface area contributed by atoms with Gasteiger partial charge in [-0.05, 0) is 30.0 Å². The van der Waals surface area contributed by atoms with Gasteiger partial charge in [-0.2, -0.15) is 5.10 Å². The first kappa shape index (κ1) is 18.8. The molecule has 8 nitrogen and oxygen atoms in total. The Morgan fingerprint density at radius 1 is 1.30 bits per heavy atom. The Morgan fingerprint density at radius 2 is 2.04 bits per heavy atom.